The van der Waals surface area contributed by atoms with Crippen LogP contribution in [-0.2, 0) is 10.0 Å². The summed E-state index contributed by atoms with van der Waals surface area (Å²) < 4.78 is 61.9. The summed E-state index contributed by atoms with van der Waals surface area (Å²) in [6, 6.07) is 10.00. The van der Waals surface area contributed by atoms with Crippen LogP contribution < -0.4 is 19.5 Å². The van der Waals surface area contributed by atoms with E-state index in [2.05, 4.69) is 14.8 Å². The van der Waals surface area contributed by atoms with Crippen molar-refractivity contribution in [1.29, 1.82) is 0 Å². The molecular weight excluding hydrogens is 378 g/mol. The van der Waals surface area contributed by atoms with Crippen molar-refractivity contribution in [2.45, 2.75) is 23.8 Å². The minimum absolute atomic E-state index is 0.0478. The zero-order valence-electron chi connectivity index (χ0n) is 14.6. The highest BCUT2D eigenvalue weighted by atomic mass is 32.2. The number of sulfonamides is 1. The summed E-state index contributed by atoms with van der Waals surface area (Å²) in [6.07, 6.45) is 0.902. The van der Waals surface area contributed by atoms with Crippen molar-refractivity contribution in [3.63, 3.8) is 0 Å². The van der Waals surface area contributed by atoms with Crippen molar-refractivity contribution in [3.05, 3.63) is 48.0 Å². The number of ether oxygens (including phenoxy) is 2. The van der Waals surface area contributed by atoms with E-state index in [1.807, 2.05) is 0 Å². The normalized spacial score (nSPS) is 17.1. The number of hydrogen-bond donors (Lipinski definition) is 2. The number of anilines is 1. The van der Waals surface area contributed by atoms with Crippen molar-refractivity contribution in [2.75, 3.05) is 24.9 Å². The van der Waals surface area contributed by atoms with Gasteiger partial charge in [0.2, 0.25) is 0 Å². The second kappa shape index (κ2) is 8.10. The monoisotopic (exact) mass is 398 g/mol. The number of halogens is 2. The molecule has 0 aliphatic carbocycles. The molecule has 9 heteroatoms. The zero-order valence-corrected chi connectivity index (χ0v) is 15.4. The summed E-state index contributed by atoms with van der Waals surface area (Å²) >= 11 is 0. The summed E-state index contributed by atoms with van der Waals surface area (Å²) in [5.41, 5.74) is 1.09. The van der Waals surface area contributed by atoms with Gasteiger partial charge in [-0.05, 0) is 61.0 Å². The Hall–Kier alpha value is -2.39. The minimum atomic E-state index is -3.84. The van der Waals surface area contributed by atoms with Crippen LogP contribution in [0.3, 0.4) is 0 Å². The molecule has 1 fully saturated rings. The van der Waals surface area contributed by atoms with E-state index in [9.17, 15) is 17.2 Å². The fourth-order valence-electron chi connectivity index (χ4n) is 3.04. The SMILES string of the molecule is COc1ccc(S(=O)(=O)Nc2ccc(OC(F)F)cc2)cc1[C@H]1CCNC1. The van der Waals surface area contributed by atoms with E-state index in [1.54, 1.807) is 19.2 Å². The van der Waals surface area contributed by atoms with Crippen molar-refractivity contribution in [2.24, 2.45) is 0 Å². The Morgan fingerprint density at radius 3 is 2.52 bits per heavy atom. The van der Waals surface area contributed by atoms with E-state index in [-0.39, 0.29) is 22.3 Å². The highest BCUT2D eigenvalue weighted by Crippen LogP contribution is 2.33. The summed E-state index contributed by atoms with van der Waals surface area (Å²) in [7, 11) is -2.29. The second-order valence-corrected chi connectivity index (χ2v) is 7.78. The number of nitrogens with one attached hydrogen (secondary N) is 2. The predicted molar refractivity (Wildman–Crippen MR) is 97.1 cm³/mol. The second-order valence-electron chi connectivity index (χ2n) is 6.10. The standard InChI is InChI=1S/C18H20F2N2O4S/c1-25-17-7-6-15(10-16(17)12-8-9-21-11-12)27(23,24)22-13-2-4-14(5-3-13)26-18(19)20/h2-7,10,12,18,21-22H,8-9,11H2,1H3/t12-/m0/s1. The topological polar surface area (TPSA) is 76.7 Å². The van der Waals surface area contributed by atoms with Crippen LogP contribution in [0, 0.1) is 0 Å². The third kappa shape index (κ3) is 4.67. The first kappa shape index (κ1) is 19.4. The number of alkyl halides is 2. The molecule has 0 unspecified atom stereocenters. The lowest BCUT2D eigenvalue weighted by atomic mass is 9.97. The van der Waals surface area contributed by atoms with Crippen LogP contribution in [0.15, 0.2) is 47.4 Å². The molecular formula is C18H20F2N2O4S. The van der Waals surface area contributed by atoms with Gasteiger partial charge in [0.15, 0.2) is 0 Å². The number of methoxy groups -OCH3 is 1. The third-order valence-corrected chi connectivity index (χ3v) is 5.72. The predicted octanol–water partition coefficient (Wildman–Crippen LogP) is 3.17. The Labute approximate surface area is 156 Å². The summed E-state index contributed by atoms with van der Waals surface area (Å²) in [5.74, 6) is 0.783. The number of hydrogen-bond acceptors (Lipinski definition) is 5. The summed E-state index contributed by atoms with van der Waals surface area (Å²) in [5, 5.41) is 3.25. The van der Waals surface area contributed by atoms with E-state index in [4.69, 9.17) is 4.74 Å². The highest BCUT2D eigenvalue weighted by molar-refractivity contribution is 7.92. The molecule has 0 aromatic heterocycles. The molecule has 0 saturated carbocycles. The fourth-order valence-corrected chi connectivity index (χ4v) is 4.13. The average Bonchev–Trinajstić information content (AvgIpc) is 3.16. The van der Waals surface area contributed by atoms with Gasteiger partial charge in [-0.1, -0.05) is 0 Å². The van der Waals surface area contributed by atoms with E-state index in [0.717, 1.165) is 25.1 Å². The van der Waals surface area contributed by atoms with Gasteiger partial charge in [-0.2, -0.15) is 8.78 Å². The van der Waals surface area contributed by atoms with Crippen LogP contribution in [0.4, 0.5) is 14.5 Å². The molecule has 3 rings (SSSR count). The first-order chi connectivity index (χ1) is 12.9. The lowest BCUT2D eigenvalue weighted by molar-refractivity contribution is -0.0498. The Morgan fingerprint density at radius 2 is 1.93 bits per heavy atom. The molecule has 1 heterocycles. The maximum Gasteiger partial charge on any atom is 0.387 e. The average molecular weight is 398 g/mol. The van der Waals surface area contributed by atoms with Gasteiger partial charge in [0.1, 0.15) is 11.5 Å². The molecule has 6 nitrogen and oxygen atoms in total. The van der Waals surface area contributed by atoms with Gasteiger partial charge in [0, 0.05) is 18.2 Å². The molecule has 0 amide bonds. The molecule has 1 saturated heterocycles. The molecule has 0 bridgehead atoms. The Balaban J connectivity index is 1.83. The first-order valence-corrected chi connectivity index (χ1v) is 9.84. The molecule has 2 aromatic carbocycles. The molecule has 27 heavy (non-hydrogen) atoms. The molecule has 0 radical (unpaired) electrons. The van der Waals surface area contributed by atoms with E-state index >= 15 is 0 Å². The van der Waals surface area contributed by atoms with Gasteiger partial charge in [-0.25, -0.2) is 8.42 Å². The molecule has 1 aliphatic rings. The van der Waals surface area contributed by atoms with Gasteiger partial charge >= 0.3 is 6.61 Å². The van der Waals surface area contributed by atoms with Crippen LogP contribution in [0.1, 0.15) is 17.9 Å². The summed E-state index contributed by atoms with van der Waals surface area (Å²) in [4.78, 5) is 0.109. The summed E-state index contributed by atoms with van der Waals surface area (Å²) in [6.45, 7) is -1.30. The highest BCUT2D eigenvalue weighted by Gasteiger charge is 2.23. The quantitative estimate of drug-likeness (QED) is 0.749. The Kier molecular flexibility index (Phi) is 5.81. The van der Waals surface area contributed by atoms with Crippen molar-refractivity contribution in [1.82, 2.24) is 5.32 Å². The largest absolute Gasteiger partial charge is 0.496 e. The van der Waals surface area contributed by atoms with Gasteiger partial charge < -0.3 is 14.8 Å². The van der Waals surface area contributed by atoms with Crippen LogP contribution in [0.25, 0.3) is 0 Å². The lowest BCUT2D eigenvalue weighted by Gasteiger charge is -2.16. The van der Waals surface area contributed by atoms with Crippen LogP contribution in [0.5, 0.6) is 11.5 Å². The number of rotatable bonds is 7. The molecule has 2 N–H and O–H groups in total. The van der Waals surface area contributed by atoms with Crippen molar-refractivity contribution in [3.8, 4) is 11.5 Å². The smallest absolute Gasteiger partial charge is 0.387 e. The minimum Gasteiger partial charge on any atom is -0.496 e. The van der Waals surface area contributed by atoms with Crippen molar-refractivity contribution < 1.29 is 26.7 Å². The van der Waals surface area contributed by atoms with E-state index < -0.39 is 16.6 Å². The maximum absolute atomic E-state index is 12.7. The van der Waals surface area contributed by atoms with Gasteiger partial charge in [-0.15, -0.1) is 0 Å². The lowest BCUT2D eigenvalue weighted by Crippen LogP contribution is -2.14. The Bertz CT molecular complexity index is 883. The van der Waals surface area contributed by atoms with Crippen LogP contribution in [-0.4, -0.2) is 35.2 Å². The van der Waals surface area contributed by atoms with E-state index in [0.29, 0.717) is 5.75 Å². The van der Waals surface area contributed by atoms with Crippen molar-refractivity contribution >= 4 is 15.7 Å². The van der Waals surface area contributed by atoms with E-state index in [1.165, 1.54) is 30.3 Å². The van der Waals surface area contributed by atoms with Crippen LogP contribution in [0.2, 0.25) is 0 Å². The molecule has 1 aliphatic heterocycles. The molecule has 1 atom stereocenters. The zero-order chi connectivity index (χ0) is 19.4. The molecule has 0 spiro atoms. The first-order valence-electron chi connectivity index (χ1n) is 8.35. The van der Waals surface area contributed by atoms with Gasteiger partial charge in [0.25, 0.3) is 10.0 Å². The van der Waals surface area contributed by atoms with Gasteiger partial charge in [-0.3, -0.25) is 4.72 Å². The van der Waals surface area contributed by atoms with Crippen LogP contribution >= 0.6 is 0 Å². The molecule has 146 valence electrons. The maximum atomic E-state index is 12.7. The fraction of sp³-hybridized carbons (Fsp3) is 0.333. The number of benzene rings is 2. The molecule has 2 aromatic rings. The Morgan fingerprint density at radius 1 is 1.19 bits per heavy atom. The third-order valence-electron chi connectivity index (χ3n) is 4.34. The van der Waals surface area contributed by atoms with Gasteiger partial charge in [0.05, 0.1) is 12.0 Å².